The summed E-state index contributed by atoms with van der Waals surface area (Å²) in [4.78, 5) is 15.2. The van der Waals surface area contributed by atoms with Crippen LogP contribution in [0.5, 0.6) is 0 Å². The Morgan fingerprint density at radius 1 is 0.952 bits per heavy atom. The molecule has 102 valence electrons. The van der Waals surface area contributed by atoms with Crippen LogP contribution < -0.4 is 0 Å². The highest BCUT2D eigenvalue weighted by Gasteiger charge is 2.07. The highest BCUT2D eigenvalue weighted by molar-refractivity contribution is 5.93. The van der Waals surface area contributed by atoms with E-state index in [9.17, 15) is 4.79 Å². The van der Waals surface area contributed by atoms with E-state index in [1.54, 1.807) is 24.4 Å². The number of carbonyl (C=O) groups is 1. The molecule has 0 spiro atoms. The molecule has 3 rings (SSSR count). The molecule has 3 heteroatoms. The zero-order valence-electron chi connectivity index (χ0n) is 11.2. The second-order valence-corrected chi connectivity index (χ2v) is 4.68. The SMILES string of the molecule is O=C(O)c1cccnc1C=Cc1ccc2ccccc2c1. The first-order chi connectivity index (χ1) is 10.2. The van der Waals surface area contributed by atoms with E-state index in [2.05, 4.69) is 23.2 Å². The first-order valence-corrected chi connectivity index (χ1v) is 6.59. The second kappa shape index (κ2) is 5.59. The number of aromatic carboxylic acids is 1. The van der Waals surface area contributed by atoms with Gasteiger partial charge in [0.15, 0.2) is 0 Å². The minimum atomic E-state index is -0.971. The number of carboxylic acids is 1. The van der Waals surface area contributed by atoms with Crippen molar-refractivity contribution in [1.82, 2.24) is 4.98 Å². The molecular weight excluding hydrogens is 262 g/mol. The molecule has 1 heterocycles. The average molecular weight is 275 g/mol. The van der Waals surface area contributed by atoms with Crippen LogP contribution in [0.4, 0.5) is 0 Å². The quantitative estimate of drug-likeness (QED) is 0.782. The van der Waals surface area contributed by atoms with Crippen LogP contribution in [0.25, 0.3) is 22.9 Å². The number of aromatic nitrogens is 1. The number of benzene rings is 2. The molecule has 21 heavy (non-hydrogen) atoms. The standard InChI is InChI=1S/C18H13NO2/c20-18(21)16-6-3-11-19-17(16)10-8-13-7-9-14-4-1-2-5-15(14)12-13/h1-12H,(H,20,21). The molecule has 1 aromatic heterocycles. The van der Waals surface area contributed by atoms with Gasteiger partial charge in [-0.05, 0) is 40.6 Å². The Morgan fingerprint density at radius 3 is 2.57 bits per heavy atom. The predicted octanol–water partition coefficient (Wildman–Crippen LogP) is 4.10. The third-order valence-corrected chi connectivity index (χ3v) is 3.28. The normalized spacial score (nSPS) is 11.0. The molecule has 0 radical (unpaired) electrons. The third kappa shape index (κ3) is 2.82. The van der Waals surface area contributed by atoms with Gasteiger partial charge in [0.25, 0.3) is 0 Å². The summed E-state index contributed by atoms with van der Waals surface area (Å²) in [6.45, 7) is 0. The summed E-state index contributed by atoms with van der Waals surface area (Å²) in [5.41, 5.74) is 1.67. The van der Waals surface area contributed by atoms with Gasteiger partial charge in [0.1, 0.15) is 0 Å². The van der Waals surface area contributed by atoms with Crippen molar-refractivity contribution < 1.29 is 9.90 Å². The summed E-state index contributed by atoms with van der Waals surface area (Å²) in [5.74, 6) is -0.971. The van der Waals surface area contributed by atoms with Gasteiger partial charge in [-0.15, -0.1) is 0 Å². The molecule has 0 atom stereocenters. The fourth-order valence-electron chi connectivity index (χ4n) is 2.22. The Bertz CT molecular complexity index is 837. The van der Waals surface area contributed by atoms with E-state index in [1.165, 1.54) is 5.39 Å². The number of hydrogen-bond acceptors (Lipinski definition) is 2. The van der Waals surface area contributed by atoms with E-state index in [0.29, 0.717) is 5.69 Å². The third-order valence-electron chi connectivity index (χ3n) is 3.28. The van der Waals surface area contributed by atoms with Crippen molar-refractivity contribution in [3.8, 4) is 0 Å². The largest absolute Gasteiger partial charge is 0.478 e. The molecule has 3 nitrogen and oxygen atoms in total. The van der Waals surface area contributed by atoms with Crippen molar-refractivity contribution in [3.63, 3.8) is 0 Å². The van der Waals surface area contributed by atoms with Crippen molar-refractivity contribution in [2.24, 2.45) is 0 Å². The molecule has 2 aromatic carbocycles. The lowest BCUT2D eigenvalue weighted by Gasteiger charge is -2.01. The van der Waals surface area contributed by atoms with Crippen LogP contribution >= 0.6 is 0 Å². The Kier molecular flexibility index (Phi) is 3.48. The lowest BCUT2D eigenvalue weighted by atomic mass is 10.1. The molecule has 0 unspecified atom stereocenters. The van der Waals surface area contributed by atoms with E-state index in [4.69, 9.17) is 5.11 Å². The molecule has 0 aliphatic heterocycles. The molecular formula is C18H13NO2. The first-order valence-electron chi connectivity index (χ1n) is 6.59. The Labute approximate surface area is 122 Å². The maximum absolute atomic E-state index is 11.1. The van der Waals surface area contributed by atoms with Gasteiger partial charge in [-0.2, -0.15) is 0 Å². The number of nitrogens with zero attached hydrogens (tertiary/aromatic N) is 1. The summed E-state index contributed by atoms with van der Waals surface area (Å²) in [5, 5.41) is 11.5. The fourth-order valence-corrected chi connectivity index (χ4v) is 2.22. The van der Waals surface area contributed by atoms with Crippen LogP contribution in [0.15, 0.2) is 60.8 Å². The van der Waals surface area contributed by atoms with Crippen LogP contribution in [0, 0.1) is 0 Å². The minimum Gasteiger partial charge on any atom is -0.478 e. The van der Waals surface area contributed by atoms with E-state index < -0.39 is 5.97 Å². The Hall–Kier alpha value is -2.94. The van der Waals surface area contributed by atoms with E-state index in [-0.39, 0.29) is 5.56 Å². The Balaban J connectivity index is 1.96. The van der Waals surface area contributed by atoms with Gasteiger partial charge < -0.3 is 5.11 Å². The van der Waals surface area contributed by atoms with Crippen LogP contribution in [0.3, 0.4) is 0 Å². The monoisotopic (exact) mass is 275 g/mol. The van der Waals surface area contributed by atoms with E-state index >= 15 is 0 Å². The number of carboxylic acid groups (broad SMARTS) is 1. The summed E-state index contributed by atoms with van der Waals surface area (Å²) in [6, 6.07) is 17.4. The highest BCUT2D eigenvalue weighted by Crippen LogP contribution is 2.17. The molecule has 0 saturated heterocycles. The predicted molar refractivity (Wildman–Crippen MR) is 84.1 cm³/mol. The molecule has 0 aliphatic carbocycles. The maximum atomic E-state index is 11.1. The van der Waals surface area contributed by atoms with Gasteiger partial charge in [0, 0.05) is 6.20 Å². The molecule has 0 amide bonds. The first kappa shape index (κ1) is 13.1. The number of hydrogen-bond donors (Lipinski definition) is 1. The summed E-state index contributed by atoms with van der Waals surface area (Å²) >= 11 is 0. The zero-order chi connectivity index (χ0) is 14.7. The van der Waals surface area contributed by atoms with Crippen molar-refractivity contribution >= 4 is 28.9 Å². The molecule has 0 fully saturated rings. The molecule has 3 aromatic rings. The highest BCUT2D eigenvalue weighted by atomic mass is 16.4. The van der Waals surface area contributed by atoms with Gasteiger partial charge in [-0.25, -0.2) is 4.79 Å². The fraction of sp³-hybridized carbons (Fsp3) is 0. The summed E-state index contributed by atoms with van der Waals surface area (Å²) in [7, 11) is 0. The average Bonchev–Trinajstić information content (AvgIpc) is 2.53. The zero-order valence-corrected chi connectivity index (χ0v) is 11.2. The van der Waals surface area contributed by atoms with Gasteiger partial charge >= 0.3 is 5.97 Å². The topological polar surface area (TPSA) is 50.2 Å². The molecule has 0 saturated carbocycles. The minimum absolute atomic E-state index is 0.203. The van der Waals surface area contributed by atoms with Gasteiger partial charge in [-0.1, -0.05) is 42.5 Å². The lowest BCUT2D eigenvalue weighted by molar-refractivity contribution is 0.0696. The number of rotatable bonds is 3. The summed E-state index contributed by atoms with van der Waals surface area (Å²) < 4.78 is 0. The van der Waals surface area contributed by atoms with Crippen molar-refractivity contribution in [2.45, 2.75) is 0 Å². The number of pyridine rings is 1. The van der Waals surface area contributed by atoms with Gasteiger partial charge in [-0.3, -0.25) is 4.98 Å². The van der Waals surface area contributed by atoms with Crippen LogP contribution in [0.1, 0.15) is 21.6 Å². The maximum Gasteiger partial charge on any atom is 0.337 e. The molecule has 0 bridgehead atoms. The Morgan fingerprint density at radius 2 is 1.76 bits per heavy atom. The molecule has 0 aliphatic rings. The summed E-state index contributed by atoms with van der Waals surface area (Å²) in [6.07, 6.45) is 5.20. The van der Waals surface area contributed by atoms with Gasteiger partial charge in [0.2, 0.25) is 0 Å². The lowest BCUT2D eigenvalue weighted by Crippen LogP contribution is -2.00. The molecule has 1 N–H and O–H groups in total. The van der Waals surface area contributed by atoms with E-state index in [0.717, 1.165) is 10.9 Å². The number of fused-ring (bicyclic) bond motifs is 1. The second-order valence-electron chi connectivity index (χ2n) is 4.68. The van der Waals surface area contributed by atoms with Crippen LogP contribution in [-0.4, -0.2) is 16.1 Å². The van der Waals surface area contributed by atoms with Crippen LogP contribution in [0.2, 0.25) is 0 Å². The van der Waals surface area contributed by atoms with Crippen molar-refractivity contribution in [2.75, 3.05) is 0 Å². The van der Waals surface area contributed by atoms with E-state index in [1.807, 2.05) is 30.3 Å². The van der Waals surface area contributed by atoms with Crippen molar-refractivity contribution in [1.29, 1.82) is 0 Å². The van der Waals surface area contributed by atoms with Crippen molar-refractivity contribution in [3.05, 3.63) is 77.6 Å². The van der Waals surface area contributed by atoms with Crippen LogP contribution in [-0.2, 0) is 0 Å². The smallest absolute Gasteiger partial charge is 0.337 e. The van der Waals surface area contributed by atoms with Gasteiger partial charge in [0.05, 0.1) is 11.3 Å².